The monoisotopic (exact) mass is 580 g/mol. The molecule has 5 nitrogen and oxygen atoms in total. The first-order valence-corrected chi connectivity index (χ1v) is 12.6. The molecular formula is C29H29IN2O3. The lowest BCUT2D eigenvalue weighted by Crippen LogP contribution is -2.14. The summed E-state index contributed by atoms with van der Waals surface area (Å²) < 4.78 is 12.8. The highest BCUT2D eigenvalue weighted by Crippen LogP contribution is 2.35. The minimum Gasteiger partial charge on any atom is -0.490 e. The van der Waals surface area contributed by atoms with Crippen LogP contribution in [0.15, 0.2) is 60.2 Å². The number of ether oxygens (including phenoxy) is 2. The third-order valence-corrected chi connectivity index (χ3v) is 6.12. The van der Waals surface area contributed by atoms with Crippen molar-refractivity contribution in [2.24, 2.45) is 0 Å². The normalized spacial score (nSPS) is 11.0. The molecule has 0 aliphatic heterocycles. The Kier molecular flexibility index (Phi) is 9.32. The second-order valence-corrected chi connectivity index (χ2v) is 9.34. The SMILES string of the molecule is CCOc1cc(/C=C(\C#N)C(=O)Nc2ccccc2CC)cc(I)c1OCc1cc(C)cc(C)c1. The Labute approximate surface area is 220 Å². The predicted molar refractivity (Wildman–Crippen MR) is 149 cm³/mol. The largest absolute Gasteiger partial charge is 0.490 e. The fourth-order valence-electron chi connectivity index (χ4n) is 3.84. The number of nitrogens with zero attached hydrogens (tertiary/aromatic N) is 1. The Balaban J connectivity index is 1.87. The van der Waals surface area contributed by atoms with Gasteiger partial charge in [-0.3, -0.25) is 4.79 Å². The van der Waals surface area contributed by atoms with Gasteiger partial charge in [-0.15, -0.1) is 0 Å². The lowest BCUT2D eigenvalue weighted by atomic mass is 10.1. The molecule has 3 aromatic rings. The maximum absolute atomic E-state index is 12.8. The van der Waals surface area contributed by atoms with Crippen LogP contribution in [0.4, 0.5) is 5.69 Å². The second-order valence-electron chi connectivity index (χ2n) is 8.18. The third-order valence-electron chi connectivity index (χ3n) is 5.32. The van der Waals surface area contributed by atoms with E-state index in [4.69, 9.17) is 9.47 Å². The van der Waals surface area contributed by atoms with Crippen molar-refractivity contribution in [1.29, 1.82) is 5.26 Å². The highest BCUT2D eigenvalue weighted by molar-refractivity contribution is 14.1. The minimum absolute atomic E-state index is 0.0121. The highest BCUT2D eigenvalue weighted by atomic mass is 127. The van der Waals surface area contributed by atoms with Crippen molar-refractivity contribution in [1.82, 2.24) is 0 Å². The standard InChI is InChI=1S/C29H29IN2O3/c1-5-23-9-7-8-10-26(23)32-29(33)24(17-31)14-21-15-25(30)28(27(16-21)34-6-2)35-18-22-12-19(3)11-20(4)13-22/h7-16H,5-6,18H2,1-4H3,(H,32,33)/b24-14+. The van der Waals surface area contributed by atoms with Crippen molar-refractivity contribution in [3.05, 3.63) is 91.6 Å². The molecule has 6 heteroatoms. The molecule has 3 aromatic carbocycles. The fraction of sp³-hybridized carbons (Fsp3) is 0.241. The maximum Gasteiger partial charge on any atom is 0.266 e. The number of carbonyl (C=O) groups excluding carboxylic acids is 1. The number of hydrogen-bond acceptors (Lipinski definition) is 4. The lowest BCUT2D eigenvalue weighted by Gasteiger charge is -2.15. The van der Waals surface area contributed by atoms with E-state index in [1.807, 2.05) is 50.2 Å². The van der Waals surface area contributed by atoms with Gasteiger partial charge in [0.2, 0.25) is 0 Å². The number of hydrogen-bond donors (Lipinski definition) is 1. The number of halogens is 1. The molecule has 0 unspecified atom stereocenters. The molecule has 0 atom stereocenters. The molecule has 0 aliphatic rings. The van der Waals surface area contributed by atoms with E-state index in [0.717, 1.165) is 21.1 Å². The number of carbonyl (C=O) groups is 1. The molecule has 0 aromatic heterocycles. The molecule has 180 valence electrons. The van der Waals surface area contributed by atoms with E-state index in [1.165, 1.54) is 11.1 Å². The first-order valence-electron chi connectivity index (χ1n) is 11.5. The number of nitrogens with one attached hydrogen (secondary N) is 1. The zero-order valence-corrected chi connectivity index (χ0v) is 22.6. The summed E-state index contributed by atoms with van der Waals surface area (Å²) in [5, 5.41) is 12.5. The van der Waals surface area contributed by atoms with E-state index < -0.39 is 5.91 Å². The summed E-state index contributed by atoms with van der Waals surface area (Å²) in [5.41, 5.74) is 5.88. The number of amides is 1. The molecule has 0 aliphatic carbocycles. The molecule has 1 amide bonds. The van der Waals surface area contributed by atoms with E-state index in [0.29, 0.717) is 36.0 Å². The molecule has 0 saturated carbocycles. The quantitative estimate of drug-likeness (QED) is 0.168. The average Bonchev–Trinajstić information content (AvgIpc) is 2.82. The van der Waals surface area contributed by atoms with Gasteiger partial charge < -0.3 is 14.8 Å². The van der Waals surface area contributed by atoms with Crippen LogP contribution in [0.1, 0.15) is 41.7 Å². The van der Waals surface area contributed by atoms with Crippen LogP contribution in [0.3, 0.4) is 0 Å². The summed E-state index contributed by atoms with van der Waals surface area (Å²) in [6, 6.07) is 19.6. The van der Waals surface area contributed by atoms with Gasteiger partial charge in [0.25, 0.3) is 5.91 Å². The molecular weight excluding hydrogens is 551 g/mol. The maximum atomic E-state index is 12.8. The average molecular weight is 580 g/mol. The van der Waals surface area contributed by atoms with Crippen LogP contribution in [0.2, 0.25) is 0 Å². The zero-order chi connectivity index (χ0) is 25.4. The Bertz CT molecular complexity index is 1270. The summed E-state index contributed by atoms with van der Waals surface area (Å²) >= 11 is 2.19. The number of aryl methyl sites for hydroxylation is 3. The van der Waals surface area contributed by atoms with Crippen molar-refractivity contribution >= 4 is 40.3 Å². The predicted octanol–water partition coefficient (Wildman–Crippen LogP) is 6.99. The molecule has 1 N–H and O–H groups in total. The smallest absolute Gasteiger partial charge is 0.266 e. The van der Waals surface area contributed by atoms with Gasteiger partial charge in [0.05, 0.1) is 10.2 Å². The molecule has 0 saturated heterocycles. The van der Waals surface area contributed by atoms with Crippen molar-refractivity contribution in [2.75, 3.05) is 11.9 Å². The van der Waals surface area contributed by atoms with Gasteiger partial charge in [-0.05, 0) is 90.7 Å². The summed E-state index contributed by atoms with van der Waals surface area (Å²) in [4.78, 5) is 12.8. The topological polar surface area (TPSA) is 71.3 Å². The third kappa shape index (κ3) is 7.09. The van der Waals surface area contributed by atoms with E-state index in [-0.39, 0.29) is 5.57 Å². The molecule has 35 heavy (non-hydrogen) atoms. The Morgan fingerprint density at radius 3 is 2.43 bits per heavy atom. The molecule has 0 bridgehead atoms. The number of nitriles is 1. The van der Waals surface area contributed by atoms with E-state index in [9.17, 15) is 10.1 Å². The van der Waals surface area contributed by atoms with Gasteiger partial charge in [0, 0.05) is 5.69 Å². The van der Waals surface area contributed by atoms with Crippen LogP contribution in [-0.4, -0.2) is 12.5 Å². The van der Waals surface area contributed by atoms with Crippen LogP contribution >= 0.6 is 22.6 Å². The van der Waals surface area contributed by atoms with Gasteiger partial charge in [0.15, 0.2) is 11.5 Å². The van der Waals surface area contributed by atoms with Gasteiger partial charge >= 0.3 is 0 Å². The van der Waals surface area contributed by atoms with E-state index >= 15 is 0 Å². The highest BCUT2D eigenvalue weighted by Gasteiger charge is 2.15. The van der Waals surface area contributed by atoms with Gasteiger partial charge in [0.1, 0.15) is 18.2 Å². The molecule has 0 radical (unpaired) electrons. The van der Waals surface area contributed by atoms with Crippen LogP contribution in [0.5, 0.6) is 11.5 Å². The number of benzene rings is 3. The van der Waals surface area contributed by atoms with Gasteiger partial charge in [-0.1, -0.05) is 54.4 Å². The molecule has 0 heterocycles. The number of rotatable bonds is 9. The fourth-order valence-corrected chi connectivity index (χ4v) is 4.62. The van der Waals surface area contributed by atoms with Gasteiger partial charge in [-0.2, -0.15) is 5.26 Å². The van der Waals surface area contributed by atoms with Crippen molar-refractivity contribution < 1.29 is 14.3 Å². The Hall–Kier alpha value is -3.31. The summed E-state index contributed by atoms with van der Waals surface area (Å²) in [7, 11) is 0. The lowest BCUT2D eigenvalue weighted by molar-refractivity contribution is -0.112. The summed E-state index contributed by atoms with van der Waals surface area (Å²) in [6.45, 7) is 8.93. The van der Waals surface area contributed by atoms with Crippen LogP contribution in [0, 0.1) is 28.7 Å². The first-order chi connectivity index (χ1) is 16.8. The number of anilines is 1. The zero-order valence-electron chi connectivity index (χ0n) is 20.4. The summed E-state index contributed by atoms with van der Waals surface area (Å²) in [5.74, 6) is 0.768. The van der Waals surface area contributed by atoms with Crippen LogP contribution < -0.4 is 14.8 Å². The second kappa shape index (κ2) is 12.4. The van der Waals surface area contributed by atoms with Crippen LogP contribution in [-0.2, 0) is 17.8 Å². The Morgan fingerprint density at radius 1 is 1.06 bits per heavy atom. The Morgan fingerprint density at radius 2 is 1.77 bits per heavy atom. The van der Waals surface area contributed by atoms with Crippen molar-refractivity contribution in [2.45, 2.75) is 40.7 Å². The van der Waals surface area contributed by atoms with Crippen molar-refractivity contribution in [3.63, 3.8) is 0 Å². The molecule has 0 fully saturated rings. The molecule has 3 rings (SSSR count). The number of para-hydroxylation sites is 1. The molecule has 0 spiro atoms. The van der Waals surface area contributed by atoms with Crippen molar-refractivity contribution in [3.8, 4) is 17.6 Å². The van der Waals surface area contributed by atoms with E-state index in [1.54, 1.807) is 12.1 Å². The van der Waals surface area contributed by atoms with Gasteiger partial charge in [-0.25, -0.2) is 0 Å². The summed E-state index contributed by atoms with van der Waals surface area (Å²) in [6.07, 6.45) is 2.35. The minimum atomic E-state index is -0.448. The van der Waals surface area contributed by atoms with Crippen LogP contribution in [0.25, 0.3) is 6.08 Å². The first kappa shape index (κ1) is 26.3. The van der Waals surface area contributed by atoms with E-state index in [2.05, 4.69) is 60.0 Å².